The molecular weight excluding hydrogens is 180 g/mol. The van der Waals surface area contributed by atoms with Crippen molar-refractivity contribution in [1.29, 1.82) is 0 Å². The van der Waals surface area contributed by atoms with E-state index in [1.165, 1.54) is 6.07 Å². The smallest absolute Gasteiger partial charge is 0.167 e. The molecular formula is C11H12O3. The van der Waals surface area contributed by atoms with E-state index in [0.717, 1.165) is 6.42 Å². The van der Waals surface area contributed by atoms with Gasteiger partial charge in [0.15, 0.2) is 5.78 Å². The zero-order valence-corrected chi connectivity index (χ0v) is 8.00. The molecule has 2 N–H and O–H groups in total. The molecule has 3 nitrogen and oxygen atoms in total. The first-order valence-corrected chi connectivity index (χ1v) is 4.69. The van der Waals surface area contributed by atoms with Crippen LogP contribution in [0.3, 0.4) is 0 Å². The Morgan fingerprint density at radius 1 is 1.29 bits per heavy atom. The summed E-state index contributed by atoms with van der Waals surface area (Å²) in [5, 5.41) is 19.3. The maximum Gasteiger partial charge on any atom is 0.167 e. The summed E-state index contributed by atoms with van der Waals surface area (Å²) >= 11 is 0. The highest BCUT2D eigenvalue weighted by Gasteiger charge is 2.24. The molecule has 1 aromatic carbocycles. The highest BCUT2D eigenvalue weighted by molar-refractivity contribution is 6.02. The molecule has 1 aliphatic carbocycles. The van der Waals surface area contributed by atoms with E-state index in [4.69, 9.17) is 0 Å². The number of carbonyl (C=O) groups is 1. The van der Waals surface area contributed by atoms with Crippen LogP contribution in [0.25, 0.3) is 0 Å². The van der Waals surface area contributed by atoms with Crippen molar-refractivity contribution >= 4 is 5.78 Å². The highest BCUT2D eigenvalue weighted by Crippen LogP contribution is 2.37. The largest absolute Gasteiger partial charge is 0.508 e. The van der Waals surface area contributed by atoms with Crippen molar-refractivity contribution < 1.29 is 15.0 Å². The number of phenols is 2. The summed E-state index contributed by atoms with van der Waals surface area (Å²) in [7, 11) is 0. The fourth-order valence-corrected chi connectivity index (χ4v) is 1.93. The molecule has 0 spiro atoms. The van der Waals surface area contributed by atoms with Crippen LogP contribution >= 0.6 is 0 Å². The molecule has 0 unspecified atom stereocenters. The first-order chi connectivity index (χ1) is 6.61. The van der Waals surface area contributed by atoms with E-state index in [2.05, 4.69) is 0 Å². The minimum atomic E-state index is -0.0669. The lowest BCUT2D eigenvalue weighted by Gasteiger charge is -2.18. The number of hydrogen-bond acceptors (Lipinski definition) is 3. The molecule has 3 heteroatoms. The van der Waals surface area contributed by atoms with Gasteiger partial charge in [0, 0.05) is 12.0 Å². The number of Topliss-reactive ketones (excluding diaryl/α,β-unsaturated/α-hetero) is 1. The molecule has 0 saturated heterocycles. The average Bonchev–Trinajstić information content (AvgIpc) is 2.14. The Kier molecular flexibility index (Phi) is 1.95. The van der Waals surface area contributed by atoms with Crippen LogP contribution in [0.1, 0.15) is 34.3 Å². The summed E-state index contributed by atoms with van der Waals surface area (Å²) in [6, 6.07) is 1.51. The number of aryl methyl sites for hydroxylation is 1. The van der Waals surface area contributed by atoms with Gasteiger partial charge in [-0.05, 0) is 31.4 Å². The van der Waals surface area contributed by atoms with Gasteiger partial charge in [0.25, 0.3) is 0 Å². The fraction of sp³-hybridized carbons (Fsp3) is 0.364. The number of fused-ring (bicyclic) bond motifs is 1. The van der Waals surface area contributed by atoms with Crippen molar-refractivity contribution in [2.24, 2.45) is 0 Å². The average molecular weight is 192 g/mol. The summed E-state index contributed by atoms with van der Waals surface area (Å²) in [6.07, 6.45) is 1.88. The molecule has 1 aromatic rings. The molecule has 0 aromatic heterocycles. The first-order valence-electron chi connectivity index (χ1n) is 4.69. The zero-order chi connectivity index (χ0) is 10.3. The van der Waals surface area contributed by atoms with Crippen LogP contribution in [-0.4, -0.2) is 16.0 Å². The number of phenolic OH excluding ortho intramolecular Hbond substituents is 2. The van der Waals surface area contributed by atoms with Crippen LogP contribution in [0.15, 0.2) is 6.07 Å². The molecule has 0 fully saturated rings. The van der Waals surface area contributed by atoms with Crippen molar-refractivity contribution in [1.82, 2.24) is 0 Å². The maximum atomic E-state index is 11.5. The topological polar surface area (TPSA) is 57.5 Å². The van der Waals surface area contributed by atoms with Gasteiger partial charge >= 0.3 is 0 Å². The van der Waals surface area contributed by atoms with Crippen LogP contribution in [-0.2, 0) is 6.42 Å². The molecule has 0 amide bonds. The summed E-state index contributed by atoms with van der Waals surface area (Å²) < 4.78 is 0. The number of carbonyl (C=O) groups excluding carboxylic acids is 1. The number of hydrogen-bond donors (Lipinski definition) is 2. The maximum absolute atomic E-state index is 11.5. The minimum absolute atomic E-state index is 0.0301. The fourth-order valence-electron chi connectivity index (χ4n) is 1.93. The Morgan fingerprint density at radius 3 is 2.71 bits per heavy atom. The summed E-state index contributed by atoms with van der Waals surface area (Å²) in [6.45, 7) is 1.68. The highest BCUT2D eigenvalue weighted by atomic mass is 16.3. The normalized spacial score (nSPS) is 15.4. The van der Waals surface area contributed by atoms with E-state index in [0.29, 0.717) is 29.5 Å². The van der Waals surface area contributed by atoms with E-state index < -0.39 is 0 Å². The van der Waals surface area contributed by atoms with Crippen molar-refractivity contribution in [3.8, 4) is 11.5 Å². The Balaban J connectivity index is 2.73. The molecule has 0 saturated carbocycles. The van der Waals surface area contributed by atoms with Gasteiger partial charge in [-0.2, -0.15) is 0 Å². The van der Waals surface area contributed by atoms with Crippen molar-refractivity contribution in [3.63, 3.8) is 0 Å². The van der Waals surface area contributed by atoms with E-state index in [-0.39, 0.29) is 17.3 Å². The van der Waals surface area contributed by atoms with Gasteiger partial charge in [-0.15, -0.1) is 0 Å². The molecule has 74 valence electrons. The third kappa shape index (κ3) is 1.16. The molecule has 0 atom stereocenters. The van der Waals surface area contributed by atoms with Gasteiger partial charge in [-0.1, -0.05) is 0 Å². The SMILES string of the molecule is Cc1cc(O)c2c(c1O)C(=O)CCC2. The monoisotopic (exact) mass is 192 g/mol. The summed E-state index contributed by atoms with van der Waals surface area (Å²) in [4.78, 5) is 11.5. The third-order valence-electron chi connectivity index (χ3n) is 2.68. The third-order valence-corrected chi connectivity index (χ3v) is 2.68. The van der Waals surface area contributed by atoms with E-state index in [1.807, 2.05) is 0 Å². The number of benzene rings is 1. The Labute approximate surface area is 82.0 Å². The lowest BCUT2D eigenvalue weighted by Crippen LogP contribution is -2.11. The van der Waals surface area contributed by atoms with Gasteiger partial charge in [-0.3, -0.25) is 4.79 Å². The van der Waals surface area contributed by atoms with Gasteiger partial charge in [0.2, 0.25) is 0 Å². The van der Waals surface area contributed by atoms with Gasteiger partial charge in [0.1, 0.15) is 11.5 Å². The second-order valence-electron chi connectivity index (χ2n) is 3.69. The van der Waals surface area contributed by atoms with Crippen LogP contribution < -0.4 is 0 Å². The molecule has 0 bridgehead atoms. The standard InChI is InChI=1S/C11H12O3/c1-6-5-9(13)7-3-2-4-8(12)10(7)11(6)14/h5,13-14H,2-4H2,1H3. The van der Waals surface area contributed by atoms with Gasteiger partial charge in [0.05, 0.1) is 5.56 Å². The summed E-state index contributed by atoms with van der Waals surface area (Å²) in [5.41, 5.74) is 1.48. The molecule has 2 rings (SSSR count). The molecule has 1 aliphatic rings. The Bertz CT molecular complexity index is 407. The zero-order valence-electron chi connectivity index (χ0n) is 8.00. The van der Waals surface area contributed by atoms with E-state index >= 15 is 0 Å². The van der Waals surface area contributed by atoms with Crippen LogP contribution in [0.5, 0.6) is 11.5 Å². The Hall–Kier alpha value is -1.51. The molecule has 0 aliphatic heterocycles. The molecule has 14 heavy (non-hydrogen) atoms. The predicted molar refractivity (Wildman–Crippen MR) is 51.8 cm³/mol. The minimum Gasteiger partial charge on any atom is -0.508 e. The molecule has 0 heterocycles. The summed E-state index contributed by atoms with van der Waals surface area (Å²) in [5.74, 6) is 0.0913. The van der Waals surface area contributed by atoms with Crippen molar-refractivity contribution in [2.45, 2.75) is 26.2 Å². The van der Waals surface area contributed by atoms with E-state index in [1.54, 1.807) is 6.92 Å². The number of ketones is 1. The second kappa shape index (κ2) is 3.01. The molecule has 0 radical (unpaired) electrons. The van der Waals surface area contributed by atoms with Crippen LogP contribution in [0, 0.1) is 6.92 Å². The first kappa shape index (κ1) is 9.06. The lowest BCUT2D eigenvalue weighted by atomic mass is 9.88. The number of aromatic hydroxyl groups is 2. The van der Waals surface area contributed by atoms with Crippen molar-refractivity contribution in [3.05, 3.63) is 22.8 Å². The number of rotatable bonds is 0. The van der Waals surface area contributed by atoms with Crippen molar-refractivity contribution in [2.75, 3.05) is 0 Å². The predicted octanol–water partition coefficient (Wildman–Crippen LogP) is 1.93. The van der Waals surface area contributed by atoms with Crippen LogP contribution in [0.4, 0.5) is 0 Å². The van der Waals surface area contributed by atoms with Gasteiger partial charge < -0.3 is 10.2 Å². The van der Waals surface area contributed by atoms with Crippen LogP contribution in [0.2, 0.25) is 0 Å². The quantitative estimate of drug-likeness (QED) is 0.617. The second-order valence-corrected chi connectivity index (χ2v) is 3.69. The Morgan fingerprint density at radius 2 is 2.00 bits per heavy atom. The van der Waals surface area contributed by atoms with E-state index in [9.17, 15) is 15.0 Å². The lowest BCUT2D eigenvalue weighted by molar-refractivity contribution is 0.0968. The van der Waals surface area contributed by atoms with Gasteiger partial charge in [-0.25, -0.2) is 0 Å².